The van der Waals surface area contributed by atoms with Crippen molar-refractivity contribution in [3.05, 3.63) is 113 Å². The summed E-state index contributed by atoms with van der Waals surface area (Å²) in [4.78, 5) is 67.5. The van der Waals surface area contributed by atoms with Crippen LogP contribution in [0.3, 0.4) is 0 Å². The molecule has 4 heterocycles. The number of rotatable bonds is 51. The molecule has 6 N–H and O–H groups in total. The number of nitrogen functional groups attached to an aromatic ring is 1. The molecule has 0 saturated carbocycles. The molecule has 18 heteroatoms. The quantitative estimate of drug-likeness (QED) is 0.0204. The second-order valence-corrected chi connectivity index (χ2v) is 24.1. The van der Waals surface area contributed by atoms with Gasteiger partial charge in [-0.05, 0) is 141 Å². The summed E-state index contributed by atoms with van der Waals surface area (Å²) in [6.45, 7) is 8.04. The first-order valence-electron chi connectivity index (χ1n) is 33.9. The fraction of sp³-hybridized carbons (Fsp3) is 0.643. The summed E-state index contributed by atoms with van der Waals surface area (Å²) < 4.78 is 15.4. The number of nitrogens with one attached hydrogen (secondary N) is 3. The second kappa shape index (κ2) is 44.1. The number of benzene rings is 1. The SMILES string of the molecule is CCCCC/C=C\C/C=C\CCCCCCCCC1(CCCCCCCC/C=C\C/C=C\CCCCC)OC[C@H](CN(C)CCCCCCn2cc(CCC(=O)CC[C@H](NC(=O)c3ccc(NCc4cnc5nc(N)[nH]c(=O)c5n4)cc3)C(=O)O)nn2)O1. The number of nitrogens with two attached hydrogens (primary N) is 1. The number of likely N-dealkylation sites (N-methyl/N-ethyl adjacent to an activating group) is 1. The smallest absolute Gasteiger partial charge is 0.326 e. The number of aliphatic carboxylic acids is 1. The van der Waals surface area contributed by atoms with Crippen molar-refractivity contribution >= 4 is 40.5 Å². The first-order chi connectivity index (χ1) is 43.0. The Morgan fingerprint density at radius 2 is 1.33 bits per heavy atom. The van der Waals surface area contributed by atoms with Gasteiger partial charge < -0.3 is 35.8 Å². The molecule has 1 fully saturated rings. The van der Waals surface area contributed by atoms with Gasteiger partial charge in [-0.1, -0.05) is 158 Å². The van der Waals surface area contributed by atoms with Gasteiger partial charge in [-0.3, -0.25) is 24.0 Å². The van der Waals surface area contributed by atoms with Crippen LogP contribution in [0.1, 0.15) is 247 Å². The van der Waals surface area contributed by atoms with Crippen LogP contribution in [0.15, 0.2) is 90.1 Å². The van der Waals surface area contributed by atoms with Crippen LogP contribution in [-0.4, -0.2) is 107 Å². The molecule has 486 valence electrons. The number of hydrogen-bond donors (Lipinski definition) is 5. The van der Waals surface area contributed by atoms with E-state index in [4.69, 9.17) is 15.2 Å². The van der Waals surface area contributed by atoms with E-state index in [2.05, 4.69) is 115 Å². The predicted octanol–water partition coefficient (Wildman–Crippen LogP) is 14.7. The van der Waals surface area contributed by atoms with Gasteiger partial charge >= 0.3 is 5.97 Å². The van der Waals surface area contributed by atoms with Crippen LogP contribution in [0, 0.1) is 0 Å². The molecule has 1 saturated heterocycles. The van der Waals surface area contributed by atoms with E-state index >= 15 is 0 Å². The minimum absolute atomic E-state index is 0.00691. The Bertz CT molecular complexity index is 2710. The molecule has 0 spiro atoms. The number of ether oxygens (including phenoxy) is 2. The lowest BCUT2D eigenvalue weighted by Gasteiger charge is -2.29. The van der Waals surface area contributed by atoms with Crippen molar-refractivity contribution in [1.82, 2.24) is 45.1 Å². The van der Waals surface area contributed by atoms with Crippen molar-refractivity contribution in [1.29, 1.82) is 0 Å². The fourth-order valence-corrected chi connectivity index (χ4v) is 11.1. The number of anilines is 2. The van der Waals surface area contributed by atoms with E-state index in [-0.39, 0.29) is 60.4 Å². The predicted molar refractivity (Wildman–Crippen MR) is 355 cm³/mol. The highest BCUT2D eigenvalue weighted by Crippen LogP contribution is 2.35. The molecule has 3 aromatic heterocycles. The second-order valence-electron chi connectivity index (χ2n) is 24.1. The van der Waals surface area contributed by atoms with Crippen molar-refractivity contribution in [2.75, 3.05) is 37.8 Å². The van der Waals surface area contributed by atoms with Crippen LogP contribution in [0.5, 0.6) is 0 Å². The number of carbonyl (C=O) groups excluding carboxylic acids is 2. The number of amides is 1. The minimum atomic E-state index is -1.24. The largest absolute Gasteiger partial charge is 0.480 e. The number of unbranched alkanes of at least 4 members (excludes halogenated alkanes) is 21. The van der Waals surface area contributed by atoms with E-state index in [0.717, 1.165) is 83.8 Å². The third kappa shape index (κ3) is 30.7. The number of nitrogens with zero attached hydrogens (tertiary/aromatic N) is 7. The number of hydrogen-bond acceptors (Lipinski definition) is 14. The maximum absolute atomic E-state index is 13.0. The number of allylic oxidation sites excluding steroid dienone is 8. The first-order valence-corrected chi connectivity index (χ1v) is 33.9. The molecule has 88 heavy (non-hydrogen) atoms. The van der Waals surface area contributed by atoms with Crippen molar-refractivity contribution in [2.45, 2.75) is 263 Å². The highest BCUT2D eigenvalue weighted by Gasteiger charge is 2.40. The van der Waals surface area contributed by atoms with Crippen LogP contribution in [0.2, 0.25) is 0 Å². The molecule has 0 unspecified atom stereocenters. The lowest BCUT2D eigenvalue weighted by Crippen LogP contribution is -2.41. The van der Waals surface area contributed by atoms with E-state index in [9.17, 15) is 24.3 Å². The zero-order valence-corrected chi connectivity index (χ0v) is 53.9. The number of aryl methyl sites for hydroxylation is 2. The Labute approximate surface area is 525 Å². The number of aromatic nitrogens is 7. The zero-order valence-electron chi connectivity index (χ0n) is 53.9. The van der Waals surface area contributed by atoms with Crippen LogP contribution in [-0.2, 0) is 38.6 Å². The average molecular weight is 1220 g/mol. The van der Waals surface area contributed by atoms with Crippen LogP contribution >= 0.6 is 0 Å². The normalized spacial score (nSPS) is 14.7. The van der Waals surface area contributed by atoms with Gasteiger partial charge in [0, 0.05) is 56.2 Å². The highest BCUT2D eigenvalue weighted by molar-refractivity contribution is 5.97. The molecule has 0 bridgehead atoms. The molecule has 4 aromatic rings. The van der Waals surface area contributed by atoms with E-state index in [0.29, 0.717) is 30.1 Å². The molecule has 2 atom stereocenters. The molecule has 0 radical (unpaired) electrons. The number of carboxylic acids is 1. The summed E-state index contributed by atoms with van der Waals surface area (Å²) in [5.41, 5.74) is 7.40. The highest BCUT2D eigenvalue weighted by atomic mass is 16.7. The molecular weight excluding hydrogens is 1110 g/mol. The van der Waals surface area contributed by atoms with Gasteiger partial charge in [0.25, 0.3) is 11.5 Å². The Morgan fingerprint density at radius 1 is 0.750 bits per heavy atom. The molecule has 18 nitrogen and oxygen atoms in total. The maximum atomic E-state index is 13.0. The van der Waals surface area contributed by atoms with Crippen molar-refractivity contribution in [2.24, 2.45) is 0 Å². The van der Waals surface area contributed by atoms with Gasteiger partial charge in [0.05, 0.1) is 36.8 Å². The third-order valence-corrected chi connectivity index (χ3v) is 16.3. The summed E-state index contributed by atoms with van der Waals surface area (Å²) in [6.07, 6.45) is 58.8. The molecule has 1 amide bonds. The number of fused-ring (bicyclic) bond motifs is 1. The summed E-state index contributed by atoms with van der Waals surface area (Å²) >= 11 is 0. The summed E-state index contributed by atoms with van der Waals surface area (Å²) in [7, 11) is 2.20. The summed E-state index contributed by atoms with van der Waals surface area (Å²) in [5, 5.41) is 24.1. The average Bonchev–Trinajstić information content (AvgIpc) is 3.09. The Kier molecular flexibility index (Phi) is 36.3. The first kappa shape index (κ1) is 72.4. The Balaban J connectivity index is 0.923. The minimum Gasteiger partial charge on any atom is -0.480 e. The van der Waals surface area contributed by atoms with Crippen LogP contribution in [0.25, 0.3) is 11.2 Å². The fourth-order valence-electron chi connectivity index (χ4n) is 11.1. The van der Waals surface area contributed by atoms with Crippen LogP contribution in [0.4, 0.5) is 11.6 Å². The van der Waals surface area contributed by atoms with E-state index in [1.807, 2.05) is 10.9 Å². The Morgan fingerprint density at radius 3 is 1.94 bits per heavy atom. The standard InChI is InChI=1S/C70H109N11O7/c1-4-6-8-10-12-14-16-18-20-22-24-26-28-30-32-36-48-70(49-37-33-31-29-27-25-23-21-19-17-15-13-11-9-7-5-2)87-56-62(88-70)55-80(3)50-38-34-35-39-51-81-54-59(78-79-81)44-45-61(82)46-47-63(68(85)86)75-66(83)57-40-42-58(43-41-57)72-52-60-53-73-65-64(74-60)67(84)77-69(71)76-65/h12-15,18-21,40-43,53-54,62-63,72H,4-11,16-17,22-39,44-52,55-56H2,1-3H3,(H,75,83)(H,85,86)(H3,71,73,76,77,84)/b14-12-,15-13-,20-18-,21-19-/t62-,63-/m0/s1. The molecule has 1 aliphatic rings. The lowest BCUT2D eigenvalue weighted by molar-refractivity contribution is -0.180. The number of ketones is 1. The zero-order chi connectivity index (χ0) is 62.7. The number of carboxylic acid groups (broad SMARTS) is 1. The monoisotopic (exact) mass is 1220 g/mol. The Hall–Kier alpha value is -6.37. The van der Waals surface area contributed by atoms with E-state index in [1.165, 1.54) is 135 Å². The number of H-pyrrole nitrogens is 1. The van der Waals surface area contributed by atoms with Crippen LogP contribution < -0.4 is 21.9 Å². The van der Waals surface area contributed by atoms with Crippen molar-refractivity contribution < 1.29 is 29.0 Å². The van der Waals surface area contributed by atoms with Gasteiger partial charge in [-0.15, -0.1) is 5.10 Å². The molecule has 1 aromatic carbocycles. The van der Waals surface area contributed by atoms with Crippen molar-refractivity contribution in [3.63, 3.8) is 0 Å². The van der Waals surface area contributed by atoms with Gasteiger partial charge in [-0.25, -0.2) is 14.8 Å². The number of carbonyl (C=O) groups is 3. The molecule has 5 rings (SSSR count). The summed E-state index contributed by atoms with van der Waals surface area (Å²) in [6, 6.07) is 5.20. The summed E-state index contributed by atoms with van der Waals surface area (Å²) in [5.74, 6) is -2.41. The topological polar surface area (TPSA) is 245 Å². The maximum Gasteiger partial charge on any atom is 0.326 e. The van der Waals surface area contributed by atoms with Gasteiger partial charge in [0.2, 0.25) is 5.95 Å². The number of Topliss-reactive ketones (excluding diaryl/α,β-unsaturated/α-hetero) is 1. The van der Waals surface area contributed by atoms with E-state index < -0.39 is 29.3 Å². The molecule has 1 aliphatic heterocycles. The van der Waals surface area contributed by atoms with E-state index in [1.54, 1.807) is 24.3 Å². The lowest BCUT2D eigenvalue weighted by atomic mass is 9.98. The van der Waals surface area contributed by atoms with Crippen molar-refractivity contribution in [3.8, 4) is 0 Å². The van der Waals surface area contributed by atoms with Gasteiger partial charge in [0.1, 0.15) is 11.8 Å². The number of aromatic amines is 1. The third-order valence-electron chi connectivity index (χ3n) is 16.3. The van der Waals surface area contributed by atoms with Gasteiger partial charge in [-0.2, -0.15) is 4.98 Å². The molecular formula is C70H109N11O7. The molecule has 0 aliphatic carbocycles. The van der Waals surface area contributed by atoms with Gasteiger partial charge in [0.15, 0.2) is 17.0 Å².